The van der Waals surface area contributed by atoms with Crippen LogP contribution in [0.1, 0.15) is 26.7 Å². The molecule has 14 heavy (non-hydrogen) atoms. The van der Waals surface area contributed by atoms with Gasteiger partial charge in [-0.15, -0.1) is 0 Å². The van der Waals surface area contributed by atoms with Crippen LogP contribution in [0.5, 0.6) is 0 Å². The number of carbonyl (C=O) groups excluding carboxylic acids is 1. The second-order valence-electron chi connectivity index (χ2n) is 3.35. The molecule has 1 amide bonds. The van der Waals surface area contributed by atoms with E-state index in [1.165, 1.54) is 0 Å². The van der Waals surface area contributed by atoms with Gasteiger partial charge in [0, 0.05) is 19.5 Å². The Morgan fingerprint density at radius 1 is 1.64 bits per heavy atom. The van der Waals surface area contributed by atoms with Crippen LogP contribution in [-0.2, 0) is 4.79 Å². The lowest BCUT2D eigenvalue weighted by Gasteiger charge is -2.21. The topological polar surface area (TPSA) is 70.1 Å². The average Bonchev–Trinajstić information content (AvgIpc) is 2.21. The minimum absolute atomic E-state index is 0.0973. The summed E-state index contributed by atoms with van der Waals surface area (Å²) in [5.41, 5.74) is 5.32. The smallest absolute Gasteiger partial charge is 0.222 e. The zero-order valence-corrected chi connectivity index (χ0v) is 8.99. The van der Waals surface area contributed by atoms with Crippen molar-refractivity contribution >= 4 is 5.91 Å². The van der Waals surface area contributed by atoms with Crippen LogP contribution in [0.2, 0.25) is 0 Å². The minimum Gasteiger partial charge on any atom is -0.342 e. The zero-order chi connectivity index (χ0) is 11.0. The van der Waals surface area contributed by atoms with Crippen molar-refractivity contribution in [2.24, 2.45) is 11.7 Å². The first-order valence-corrected chi connectivity index (χ1v) is 5.03. The monoisotopic (exact) mass is 197 g/mol. The number of carbonyl (C=O) groups is 1. The Morgan fingerprint density at radius 3 is 2.71 bits per heavy atom. The molecule has 0 heterocycles. The highest BCUT2D eigenvalue weighted by Gasteiger charge is 2.13. The molecule has 2 N–H and O–H groups in total. The number of hydrogen-bond acceptors (Lipinski definition) is 3. The second kappa shape index (κ2) is 7.34. The summed E-state index contributed by atoms with van der Waals surface area (Å²) in [5.74, 6) is -0.00294. The number of nitriles is 1. The Kier molecular flexibility index (Phi) is 6.77. The first-order chi connectivity index (χ1) is 6.65. The highest BCUT2D eigenvalue weighted by Crippen LogP contribution is 2.02. The third kappa shape index (κ3) is 4.83. The lowest BCUT2D eigenvalue weighted by Crippen LogP contribution is -2.34. The van der Waals surface area contributed by atoms with Gasteiger partial charge in [-0.2, -0.15) is 5.26 Å². The maximum absolute atomic E-state index is 11.5. The fraction of sp³-hybridized carbons (Fsp3) is 0.800. The molecule has 4 heteroatoms. The number of rotatable bonds is 6. The maximum Gasteiger partial charge on any atom is 0.222 e. The van der Waals surface area contributed by atoms with Gasteiger partial charge in [0.1, 0.15) is 0 Å². The first kappa shape index (κ1) is 12.9. The Morgan fingerprint density at radius 2 is 2.29 bits per heavy atom. The third-order valence-electron chi connectivity index (χ3n) is 2.04. The van der Waals surface area contributed by atoms with Gasteiger partial charge in [-0.05, 0) is 26.8 Å². The van der Waals surface area contributed by atoms with Crippen molar-refractivity contribution in [2.75, 3.05) is 19.6 Å². The summed E-state index contributed by atoms with van der Waals surface area (Å²) in [4.78, 5) is 13.3. The largest absolute Gasteiger partial charge is 0.342 e. The molecule has 4 nitrogen and oxygen atoms in total. The predicted octanol–water partition coefficient (Wildman–Crippen LogP) is 0.733. The van der Waals surface area contributed by atoms with Crippen LogP contribution in [0, 0.1) is 17.2 Å². The van der Waals surface area contributed by atoms with Crippen LogP contribution in [0.25, 0.3) is 0 Å². The SMILES string of the molecule is CCN(CC(C)C#N)C(=O)CCCN. The summed E-state index contributed by atoms with van der Waals surface area (Å²) >= 11 is 0. The molecule has 0 aromatic rings. The molecular formula is C10H19N3O. The molecule has 0 radical (unpaired) electrons. The standard InChI is InChI=1S/C10H19N3O/c1-3-13(8-9(2)7-12)10(14)5-4-6-11/h9H,3-6,8,11H2,1-2H3. The highest BCUT2D eigenvalue weighted by atomic mass is 16.2. The third-order valence-corrected chi connectivity index (χ3v) is 2.04. The molecule has 0 spiro atoms. The minimum atomic E-state index is -0.100. The molecule has 0 aromatic heterocycles. The van der Waals surface area contributed by atoms with Crippen LogP contribution in [-0.4, -0.2) is 30.4 Å². The summed E-state index contributed by atoms with van der Waals surface area (Å²) in [6.07, 6.45) is 1.21. The van der Waals surface area contributed by atoms with Crippen molar-refractivity contribution in [2.45, 2.75) is 26.7 Å². The van der Waals surface area contributed by atoms with Crippen molar-refractivity contribution in [3.05, 3.63) is 0 Å². The number of amides is 1. The van der Waals surface area contributed by atoms with Crippen molar-refractivity contribution in [1.29, 1.82) is 5.26 Å². The van der Waals surface area contributed by atoms with Crippen LogP contribution < -0.4 is 5.73 Å². The van der Waals surface area contributed by atoms with Gasteiger partial charge in [-0.3, -0.25) is 4.79 Å². The van der Waals surface area contributed by atoms with E-state index in [9.17, 15) is 4.79 Å². The van der Waals surface area contributed by atoms with E-state index in [4.69, 9.17) is 11.0 Å². The molecule has 1 unspecified atom stereocenters. The van der Waals surface area contributed by atoms with Crippen molar-refractivity contribution in [3.8, 4) is 6.07 Å². The summed E-state index contributed by atoms with van der Waals surface area (Å²) < 4.78 is 0. The lowest BCUT2D eigenvalue weighted by atomic mass is 10.2. The maximum atomic E-state index is 11.5. The molecule has 0 aliphatic heterocycles. The molecule has 0 aromatic carbocycles. The van der Waals surface area contributed by atoms with Gasteiger partial charge in [0.05, 0.1) is 12.0 Å². The van der Waals surface area contributed by atoms with E-state index in [1.807, 2.05) is 13.8 Å². The van der Waals surface area contributed by atoms with Crippen LogP contribution >= 0.6 is 0 Å². The molecule has 0 aliphatic rings. The predicted molar refractivity (Wildman–Crippen MR) is 55.3 cm³/mol. The van der Waals surface area contributed by atoms with Crippen molar-refractivity contribution < 1.29 is 4.79 Å². The van der Waals surface area contributed by atoms with Gasteiger partial charge in [0.15, 0.2) is 0 Å². The summed E-state index contributed by atoms with van der Waals surface area (Å²) in [6, 6.07) is 2.12. The molecule has 80 valence electrons. The van der Waals surface area contributed by atoms with Gasteiger partial charge in [0.25, 0.3) is 0 Å². The van der Waals surface area contributed by atoms with Gasteiger partial charge in [-0.1, -0.05) is 0 Å². The second-order valence-corrected chi connectivity index (χ2v) is 3.35. The molecule has 0 rings (SSSR count). The molecule has 0 saturated carbocycles. The van der Waals surface area contributed by atoms with Gasteiger partial charge in [-0.25, -0.2) is 0 Å². The summed E-state index contributed by atoms with van der Waals surface area (Å²) in [5, 5.41) is 8.63. The van der Waals surface area contributed by atoms with E-state index < -0.39 is 0 Å². The first-order valence-electron chi connectivity index (χ1n) is 5.03. The molecular weight excluding hydrogens is 178 g/mol. The molecule has 0 saturated heterocycles. The quantitative estimate of drug-likeness (QED) is 0.682. The van der Waals surface area contributed by atoms with Gasteiger partial charge < -0.3 is 10.6 Å². The van der Waals surface area contributed by atoms with E-state index in [0.717, 1.165) is 6.42 Å². The molecule has 1 atom stereocenters. The fourth-order valence-electron chi connectivity index (χ4n) is 1.19. The van der Waals surface area contributed by atoms with Crippen LogP contribution in [0.3, 0.4) is 0 Å². The number of nitrogens with zero attached hydrogens (tertiary/aromatic N) is 2. The van der Waals surface area contributed by atoms with Crippen LogP contribution in [0.15, 0.2) is 0 Å². The van der Waals surface area contributed by atoms with Crippen LogP contribution in [0.4, 0.5) is 0 Å². The molecule has 0 fully saturated rings. The Balaban J connectivity index is 4.00. The number of hydrogen-bond donors (Lipinski definition) is 1. The Labute approximate surface area is 85.7 Å². The van der Waals surface area contributed by atoms with Crippen molar-refractivity contribution in [3.63, 3.8) is 0 Å². The average molecular weight is 197 g/mol. The van der Waals surface area contributed by atoms with Crippen molar-refractivity contribution in [1.82, 2.24) is 4.90 Å². The summed E-state index contributed by atoms with van der Waals surface area (Å²) in [7, 11) is 0. The highest BCUT2D eigenvalue weighted by molar-refractivity contribution is 5.76. The number of nitrogens with two attached hydrogens (primary N) is 1. The summed E-state index contributed by atoms with van der Waals surface area (Å²) in [6.45, 7) is 5.46. The van der Waals surface area contributed by atoms with Gasteiger partial charge >= 0.3 is 0 Å². The Bertz CT molecular complexity index is 210. The van der Waals surface area contributed by atoms with E-state index in [1.54, 1.807) is 4.90 Å². The van der Waals surface area contributed by atoms with E-state index in [0.29, 0.717) is 26.1 Å². The molecule has 0 bridgehead atoms. The lowest BCUT2D eigenvalue weighted by molar-refractivity contribution is -0.131. The van der Waals surface area contributed by atoms with E-state index >= 15 is 0 Å². The normalized spacial score (nSPS) is 11.9. The zero-order valence-electron chi connectivity index (χ0n) is 8.99. The van der Waals surface area contributed by atoms with E-state index in [2.05, 4.69) is 6.07 Å². The van der Waals surface area contributed by atoms with Gasteiger partial charge in [0.2, 0.25) is 5.91 Å². The Hall–Kier alpha value is -1.08. The fourth-order valence-corrected chi connectivity index (χ4v) is 1.19. The molecule has 0 aliphatic carbocycles. The van der Waals surface area contributed by atoms with E-state index in [-0.39, 0.29) is 11.8 Å².